The number of hydrogen-bond acceptors (Lipinski definition) is 7. The van der Waals surface area contributed by atoms with Crippen LogP contribution in [0.15, 0.2) is 72.8 Å². The van der Waals surface area contributed by atoms with E-state index in [4.69, 9.17) is 79.1 Å². The van der Waals surface area contributed by atoms with E-state index in [0.29, 0.717) is 33.1 Å². The van der Waals surface area contributed by atoms with Crippen molar-refractivity contribution >= 4 is 99.0 Å². The summed E-state index contributed by atoms with van der Waals surface area (Å²) in [5.74, 6) is 3.90. The average Bonchev–Trinajstić information content (AvgIpc) is 3.96. The van der Waals surface area contributed by atoms with Gasteiger partial charge in [-0.3, -0.25) is 10.1 Å². The molecule has 1 saturated carbocycles. The number of esters is 1. The number of cyclic esters (lactones) is 1. The summed E-state index contributed by atoms with van der Waals surface area (Å²) in [4.78, 5) is 35.1. The van der Waals surface area contributed by atoms with Crippen LogP contribution in [0.5, 0.6) is 11.5 Å². The number of alkyl halides is 3. The normalized spacial score (nSPS) is 15.7. The van der Waals surface area contributed by atoms with Gasteiger partial charge < -0.3 is 24.6 Å². The number of aromatic hydroxyl groups is 1. The Hall–Kier alpha value is -4.22. The van der Waals surface area contributed by atoms with E-state index in [2.05, 4.69) is 27.2 Å². The molecular formula is C39H31Cl6F3N2O7. The summed E-state index contributed by atoms with van der Waals surface area (Å²) in [6.07, 6.45) is -4.54. The predicted octanol–water partition coefficient (Wildman–Crippen LogP) is 12.4. The molecular weight excluding hydrogens is 878 g/mol. The maximum Gasteiger partial charge on any atom is 0.445 e. The van der Waals surface area contributed by atoms with E-state index in [-0.39, 0.29) is 49.5 Å². The van der Waals surface area contributed by atoms with E-state index in [0.717, 1.165) is 18.9 Å². The van der Waals surface area contributed by atoms with Crippen molar-refractivity contribution < 1.29 is 46.9 Å². The van der Waals surface area contributed by atoms with Crippen LogP contribution in [0.3, 0.4) is 0 Å². The molecule has 18 heteroatoms. The summed E-state index contributed by atoms with van der Waals surface area (Å²) in [5.41, 5.74) is -3.87. The van der Waals surface area contributed by atoms with Crippen LogP contribution in [0.4, 0.5) is 29.3 Å². The number of phenolic OH excluding ortho intramolecular Hbond substituents is 1. The summed E-state index contributed by atoms with van der Waals surface area (Å²) in [6, 6.07) is 17.9. The SMILES string of the molecule is CCOC(=O)C(C)(C)Oc1ccc(Cl)cc1.O=C(Nc1ccc(Cl)c(Cl)c1)c1cc(Cl)cc(Cl)c1O.O=C1Nc2ccc(Cl)cc2[C@@](C#CC2CC2)(C(F)(F)F)O1. The molecule has 2 aliphatic rings. The third-order valence-electron chi connectivity index (χ3n) is 7.68. The van der Waals surface area contributed by atoms with Crippen molar-refractivity contribution in [1.82, 2.24) is 0 Å². The molecule has 302 valence electrons. The highest BCUT2D eigenvalue weighted by molar-refractivity contribution is 6.42. The second kappa shape index (κ2) is 19.0. The third-order valence-corrected chi connectivity index (χ3v) is 9.41. The lowest BCUT2D eigenvalue weighted by Crippen LogP contribution is -2.49. The smallest absolute Gasteiger partial charge is 0.445 e. The van der Waals surface area contributed by atoms with E-state index in [1.807, 2.05) is 0 Å². The first-order chi connectivity index (χ1) is 26.6. The fraction of sp³-hybridized carbons (Fsp3) is 0.256. The molecule has 4 aromatic carbocycles. The first-order valence-electron chi connectivity index (χ1n) is 16.6. The maximum atomic E-state index is 13.6. The highest BCUT2D eigenvalue weighted by Gasteiger charge is 2.62. The standard InChI is InChI=1S/C14H9ClF3NO2.C13H7Cl4NO2.C12H15ClO3/c15-9-3-4-11-10(7-9)13(14(16,17)18,21-12(20)19-11)6-5-8-1-2-8;14-6-3-8(12(19)11(17)4-6)13(20)18-7-1-2-9(15)10(16)5-7;1-4-15-11(14)12(2,3)16-10-7-5-9(13)6-8-10/h3-4,7-8H,1-2H2,(H,19,20);1-5,19H,(H,18,20);5-8H,4H2,1-3H3/t13-;;/m0../s1. The van der Waals surface area contributed by atoms with E-state index < -0.39 is 29.4 Å². The Morgan fingerprint density at radius 2 is 1.54 bits per heavy atom. The molecule has 3 N–H and O–H groups in total. The summed E-state index contributed by atoms with van der Waals surface area (Å²) < 4.78 is 55.8. The number of phenols is 1. The van der Waals surface area contributed by atoms with Gasteiger partial charge in [-0.15, -0.1) is 0 Å². The molecule has 57 heavy (non-hydrogen) atoms. The van der Waals surface area contributed by atoms with Crippen LogP contribution in [0.1, 0.15) is 49.5 Å². The minimum absolute atomic E-state index is 0.00179. The topological polar surface area (TPSA) is 123 Å². The molecule has 0 aromatic heterocycles. The predicted molar refractivity (Wildman–Crippen MR) is 215 cm³/mol. The molecule has 1 aliphatic heterocycles. The molecule has 1 heterocycles. The van der Waals surface area contributed by atoms with Crippen molar-refractivity contribution in [2.75, 3.05) is 17.2 Å². The van der Waals surface area contributed by atoms with E-state index in [1.54, 1.807) is 57.2 Å². The van der Waals surface area contributed by atoms with E-state index in [1.165, 1.54) is 30.3 Å². The number of carbonyl (C=O) groups is 3. The van der Waals surface area contributed by atoms with Crippen molar-refractivity contribution in [2.24, 2.45) is 5.92 Å². The Kier molecular flexibility index (Phi) is 15.2. The van der Waals surface area contributed by atoms with Crippen LogP contribution in [0, 0.1) is 17.8 Å². The lowest BCUT2D eigenvalue weighted by Gasteiger charge is -2.35. The molecule has 0 radical (unpaired) electrons. The van der Waals surface area contributed by atoms with Gasteiger partial charge in [0.15, 0.2) is 5.60 Å². The van der Waals surface area contributed by atoms with E-state index >= 15 is 0 Å². The number of halogens is 9. The molecule has 0 bridgehead atoms. The van der Waals surface area contributed by atoms with E-state index in [9.17, 15) is 32.7 Å². The van der Waals surface area contributed by atoms with Gasteiger partial charge in [0.1, 0.15) is 11.5 Å². The Morgan fingerprint density at radius 3 is 2.14 bits per heavy atom. The Labute approximate surface area is 355 Å². The second-order valence-corrected chi connectivity index (χ2v) is 15.1. The Balaban J connectivity index is 0.000000192. The van der Waals surface area contributed by atoms with Crippen molar-refractivity contribution in [3.05, 3.63) is 114 Å². The zero-order valence-corrected chi connectivity index (χ0v) is 34.5. The van der Waals surface area contributed by atoms with Gasteiger partial charge in [-0.05, 0) is 112 Å². The molecule has 9 nitrogen and oxygen atoms in total. The minimum atomic E-state index is -4.87. The number of fused-ring (bicyclic) bond motifs is 1. The van der Waals surface area contributed by atoms with Crippen LogP contribution in [-0.4, -0.2) is 41.5 Å². The number of benzene rings is 4. The van der Waals surface area contributed by atoms with Crippen LogP contribution >= 0.6 is 69.6 Å². The van der Waals surface area contributed by atoms with Gasteiger partial charge in [0.2, 0.25) is 0 Å². The Morgan fingerprint density at radius 1 is 0.895 bits per heavy atom. The zero-order valence-electron chi connectivity index (χ0n) is 29.9. The first kappa shape index (κ1) is 45.5. The summed E-state index contributed by atoms with van der Waals surface area (Å²) in [6.45, 7) is 5.43. The number of amides is 2. The van der Waals surface area contributed by atoms with Gasteiger partial charge in [-0.25, -0.2) is 9.59 Å². The van der Waals surface area contributed by atoms with Crippen LogP contribution in [-0.2, 0) is 19.9 Å². The summed E-state index contributed by atoms with van der Waals surface area (Å²) >= 11 is 34.7. The first-order valence-corrected chi connectivity index (χ1v) is 18.9. The lowest BCUT2D eigenvalue weighted by atomic mass is 9.90. The van der Waals surface area contributed by atoms with Crippen molar-refractivity contribution in [3.8, 4) is 23.3 Å². The lowest BCUT2D eigenvalue weighted by molar-refractivity contribution is -0.239. The third kappa shape index (κ3) is 12.1. The number of hydrogen-bond donors (Lipinski definition) is 3. The summed E-state index contributed by atoms with van der Waals surface area (Å²) in [7, 11) is 0. The molecule has 6 rings (SSSR count). The Bertz CT molecular complexity index is 2210. The van der Waals surface area contributed by atoms with Gasteiger partial charge >= 0.3 is 18.2 Å². The number of nitrogens with one attached hydrogen (secondary N) is 2. The number of ether oxygens (including phenoxy) is 3. The van der Waals surface area contributed by atoms with Gasteiger partial charge in [-0.1, -0.05) is 75.5 Å². The van der Waals surface area contributed by atoms with Gasteiger partial charge in [0.25, 0.3) is 11.5 Å². The highest BCUT2D eigenvalue weighted by Crippen LogP contribution is 2.48. The van der Waals surface area contributed by atoms with Gasteiger partial charge in [0.05, 0.1) is 32.9 Å². The average molecular weight is 909 g/mol. The fourth-order valence-corrected chi connectivity index (χ4v) is 5.80. The van der Waals surface area contributed by atoms with Crippen molar-refractivity contribution in [1.29, 1.82) is 0 Å². The maximum absolute atomic E-state index is 13.6. The molecule has 0 unspecified atom stereocenters. The minimum Gasteiger partial charge on any atom is -0.506 e. The van der Waals surface area contributed by atoms with Crippen molar-refractivity contribution in [2.45, 2.75) is 51.0 Å². The molecule has 1 fully saturated rings. The molecule has 1 atom stereocenters. The zero-order chi connectivity index (χ0) is 42.3. The van der Waals surface area contributed by atoms with Crippen molar-refractivity contribution in [3.63, 3.8) is 0 Å². The largest absolute Gasteiger partial charge is 0.506 e. The number of anilines is 2. The second-order valence-electron chi connectivity index (χ2n) is 12.6. The van der Waals surface area contributed by atoms with Gasteiger partial charge in [-0.2, -0.15) is 13.2 Å². The molecule has 4 aromatic rings. The number of rotatable bonds is 6. The summed E-state index contributed by atoms with van der Waals surface area (Å²) in [5, 5.41) is 16.2. The number of carbonyl (C=O) groups excluding carboxylic acids is 3. The fourth-order valence-electron chi connectivity index (χ4n) is 4.71. The molecule has 0 saturated heterocycles. The molecule has 1 aliphatic carbocycles. The van der Waals surface area contributed by atoms with Crippen LogP contribution < -0.4 is 15.4 Å². The molecule has 2 amide bonds. The molecule has 0 spiro atoms. The highest BCUT2D eigenvalue weighted by atomic mass is 35.5. The van der Waals surface area contributed by atoms with Gasteiger partial charge in [0, 0.05) is 32.2 Å². The quantitative estimate of drug-likeness (QED) is 0.130. The van der Waals surface area contributed by atoms with Crippen LogP contribution in [0.2, 0.25) is 30.1 Å². The monoisotopic (exact) mass is 906 g/mol. The van der Waals surface area contributed by atoms with Crippen LogP contribution in [0.25, 0.3) is 0 Å².